The van der Waals surface area contributed by atoms with Crippen LogP contribution in [0, 0.1) is 6.92 Å². The second-order valence-corrected chi connectivity index (χ2v) is 6.28. The molecule has 0 fully saturated rings. The highest BCUT2D eigenvalue weighted by molar-refractivity contribution is 5.77. The molecule has 0 aromatic heterocycles. The molecule has 2 atom stereocenters. The topological polar surface area (TPSA) is 69.6 Å². The van der Waals surface area contributed by atoms with Crippen molar-refractivity contribution in [2.24, 2.45) is 0 Å². The van der Waals surface area contributed by atoms with Crippen molar-refractivity contribution in [1.82, 2.24) is 5.32 Å². The zero-order chi connectivity index (χ0) is 17.5. The standard InChI is InChI=1S/C20H25NO3/c1-14-5-3-4-6-19(14)15(2)11-20(24)21-17(13-22)12-16-7-9-18(23)10-8-16/h3-10,15,17,22-23H,11-13H2,1-2H3,(H,21,24)/t15?,17-/m0/s1. The highest BCUT2D eigenvalue weighted by Crippen LogP contribution is 2.22. The Kier molecular flexibility index (Phi) is 6.38. The van der Waals surface area contributed by atoms with E-state index in [9.17, 15) is 15.0 Å². The van der Waals surface area contributed by atoms with Gasteiger partial charge in [0, 0.05) is 6.42 Å². The number of benzene rings is 2. The zero-order valence-corrected chi connectivity index (χ0v) is 14.2. The number of aliphatic hydroxyl groups is 1. The minimum atomic E-state index is -0.328. The van der Waals surface area contributed by atoms with Crippen LogP contribution in [0.4, 0.5) is 0 Å². The van der Waals surface area contributed by atoms with E-state index in [1.807, 2.05) is 38.1 Å². The number of hydrogen-bond donors (Lipinski definition) is 3. The third-order valence-electron chi connectivity index (χ3n) is 4.21. The predicted octanol–water partition coefficient (Wildman–Crippen LogP) is 2.91. The van der Waals surface area contributed by atoms with E-state index in [1.54, 1.807) is 24.3 Å². The zero-order valence-electron chi connectivity index (χ0n) is 14.2. The van der Waals surface area contributed by atoms with Gasteiger partial charge in [0.25, 0.3) is 0 Å². The first-order chi connectivity index (χ1) is 11.5. The van der Waals surface area contributed by atoms with Gasteiger partial charge in [-0.3, -0.25) is 4.79 Å². The average molecular weight is 327 g/mol. The summed E-state index contributed by atoms with van der Waals surface area (Å²) in [6.07, 6.45) is 0.915. The molecule has 0 aliphatic rings. The molecule has 2 aromatic carbocycles. The summed E-state index contributed by atoms with van der Waals surface area (Å²) in [6.45, 7) is 3.96. The lowest BCUT2D eigenvalue weighted by atomic mass is 9.93. The highest BCUT2D eigenvalue weighted by atomic mass is 16.3. The van der Waals surface area contributed by atoms with Crippen molar-refractivity contribution in [2.45, 2.75) is 38.6 Å². The van der Waals surface area contributed by atoms with E-state index >= 15 is 0 Å². The molecule has 0 heterocycles. The molecule has 1 unspecified atom stereocenters. The molecule has 2 aromatic rings. The second-order valence-electron chi connectivity index (χ2n) is 6.28. The lowest BCUT2D eigenvalue weighted by Crippen LogP contribution is -2.39. The molecule has 0 bridgehead atoms. The van der Waals surface area contributed by atoms with Gasteiger partial charge in [0.2, 0.25) is 5.91 Å². The van der Waals surface area contributed by atoms with Gasteiger partial charge in [-0.15, -0.1) is 0 Å². The fourth-order valence-corrected chi connectivity index (χ4v) is 2.89. The van der Waals surface area contributed by atoms with E-state index in [2.05, 4.69) is 5.32 Å². The fraction of sp³-hybridized carbons (Fsp3) is 0.350. The molecule has 2 rings (SSSR count). The van der Waals surface area contributed by atoms with Crippen molar-refractivity contribution in [3.8, 4) is 5.75 Å². The van der Waals surface area contributed by atoms with Crippen molar-refractivity contribution in [1.29, 1.82) is 0 Å². The van der Waals surface area contributed by atoms with Crippen LogP contribution in [0.3, 0.4) is 0 Å². The van der Waals surface area contributed by atoms with Crippen molar-refractivity contribution < 1.29 is 15.0 Å². The molecule has 4 nitrogen and oxygen atoms in total. The maximum atomic E-state index is 12.3. The van der Waals surface area contributed by atoms with Crippen molar-refractivity contribution in [3.63, 3.8) is 0 Å². The molecule has 3 N–H and O–H groups in total. The van der Waals surface area contributed by atoms with Gasteiger partial charge in [-0.05, 0) is 48.1 Å². The number of amides is 1. The summed E-state index contributed by atoms with van der Waals surface area (Å²) >= 11 is 0. The fourth-order valence-electron chi connectivity index (χ4n) is 2.89. The van der Waals surface area contributed by atoms with Crippen LogP contribution in [0.25, 0.3) is 0 Å². The van der Waals surface area contributed by atoms with Gasteiger partial charge in [-0.2, -0.15) is 0 Å². The van der Waals surface area contributed by atoms with Crippen LogP contribution in [0.1, 0.15) is 36.0 Å². The Labute approximate surface area is 143 Å². The van der Waals surface area contributed by atoms with E-state index < -0.39 is 0 Å². The smallest absolute Gasteiger partial charge is 0.220 e. The molecular weight excluding hydrogens is 302 g/mol. The van der Waals surface area contributed by atoms with Crippen LogP contribution in [-0.4, -0.2) is 28.8 Å². The Balaban J connectivity index is 1.92. The predicted molar refractivity (Wildman–Crippen MR) is 95.0 cm³/mol. The van der Waals surface area contributed by atoms with Gasteiger partial charge in [-0.1, -0.05) is 43.3 Å². The maximum absolute atomic E-state index is 12.3. The monoisotopic (exact) mass is 327 g/mol. The number of phenolic OH excluding ortho intramolecular Hbond substituents is 1. The first-order valence-corrected chi connectivity index (χ1v) is 8.23. The summed E-state index contributed by atoms with van der Waals surface area (Å²) in [6, 6.07) is 14.5. The van der Waals surface area contributed by atoms with Gasteiger partial charge < -0.3 is 15.5 Å². The van der Waals surface area contributed by atoms with E-state index in [1.165, 1.54) is 11.1 Å². The quantitative estimate of drug-likeness (QED) is 0.732. The Morgan fingerprint density at radius 1 is 1.12 bits per heavy atom. The molecule has 128 valence electrons. The summed E-state index contributed by atoms with van der Waals surface area (Å²) in [7, 11) is 0. The van der Waals surface area contributed by atoms with E-state index in [-0.39, 0.29) is 30.2 Å². The average Bonchev–Trinajstić information content (AvgIpc) is 2.56. The number of phenols is 1. The van der Waals surface area contributed by atoms with E-state index in [0.717, 1.165) is 5.56 Å². The van der Waals surface area contributed by atoms with E-state index in [0.29, 0.717) is 12.8 Å². The maximum Gasteiger partial charge on any atom is 0.220 e. The van der Waals surface area contributed by atoms with Crippen molar-refractivity contribution in [2.75, 3.05) is 6.61 Å². The van der Waals surface area contributed by atoms with Crippen LogP contribution in [0.2, 0.25) is 0 Å². The third-order valence-corrected chi connectivity index (χ3v) is 4.21. The molecule has 0 aliphatic heterocycles. The van der Waals surface area contributed by atoms with Gasteiger partial charge >= 0.3 is 0 Å². The molecule has 0 saturated carbocycles. The summed E-state index contributed by atoms with van der Waals surface area (Å²) < 4.78 is 0. The molecule has 0 spiro atoms. The number of nitrogens with one attached hydrogen (secondary N) is 1. The van der Waals surface area contributed by atoms with Crippen LogP contribution in [0.15, 0.2) is 48.5 Å². The number of carbonyl (C=O) groups is 1. The number of aryl methyl sites for hydroxylation is 1. The van der Waals surface area contributed by atoms with Gasteiger partial charge in [0.1, 0.15) is 5.75 Å². The van der Waals surface area contributed by atoms with E-state index in [4.69, 9.17) is 0 Å². The SMILES string of the molecule is Cc1ccccc1C(C)CC(=O)N[C@H](CO)Cc1ccc(O)cc1. The number of aromatic hydroxyl groups is 1. The Morgan fingerprint density at radius 3 is 2.42 bits per heavy atom. The van der Waals surface area contributed by atoms with Gasteiger partial charge in [0.15, 0.2) is 0 Å². The lowest BCUT2D eigenvalue weighted by Gasteiger charge is -2.19. The van der Waals surface area contributed by atoms with Crippen molar-refractivity contribution in [3.05, 3.63) is 65.2 Å². The number of hydrogen-bond acceptors (Lipinski definition) is 3. The third kappa shape index (κ3) is 5.10. The van der Waals surface area contributed by atoms with Gasteiger partial charge in [-0.25, -0.2) is 0 Å². The van der Waals surface area contributed by atoms with Crippen molar-refractivity contribution >= 4 is 5.91 Å². The highest BCUT2D eigenvalue weighted by Gasteiger charge is 2.16. The number of rotatable bonds is 7. The molecule has 0 radical (unpaired) electrons. The van der Waals surface area contributed by atoms with Gasteiger partial charge in [0.05, 0.1) is 12.6 Å². The first kappa shape index (κ1) is 18.0. The summed E-state index contributed by atoms with van der Waals surface area (Å²) in [5.41, 5.74) is 3.31. The second kappa shape index (κ2) is 8.50. The minimum absolute atomic E-state index is 0.0661. The largest absolute Gasteiger partial charge is 0.508 e. The molecule has 0 aliphatic carbocycles. The molecule has 0 saturated heterocycles. The molecule has 24 heavy (non-hydrogen) atoms. The number of aliphatic hydroxyl groups excluding tert-OH is 1. The molecule has 4 heteroatoms. The number of carbonyl (C=O) groups excluding carboxylic acids is 1. The Hall–Kier alpha value is -2.33. The summed E-state index contributed by atoms with van der Waals surface area (Å²) in [5, 5.41) is 21.7. The Morgan fingerprint density at radius 2 is 1.79 bits per heavy atom. The van der Waals surface area contributed by atoms with Crippen LogP contribution >= 0.6 is 0 Å². The van der Waals surface area contributed by atoms with Crippen LogP contribution < -0.4 is 5.32 Å². The molecular formula is C20H25NO3. The normalized spacial score (nSPS) is 13.3. The summed E-state index contributed by atoms with van der Waals surface area (Å²) in [5.74, 6) is 0.262. The molecule has 1 amide bonds. The first-order valence-electron chi connectivity index (χ1n) is 8.23. The summed E-state index contributed by atoms with van der Waals surface area (Å²) in [4.78, 5) is 12.3. The Bertz CT molecular complexity index is 667. The minimum Gasteiger partial charge on any atom is -0.508 e. The van der Waals surface area contributed by atoms with Crippen LogP contribution in [0.5, 0.6) is 5.75 Å². The van der Waals surface area contributed by atoms with Crippen LogP contribution in [-0.2, 0) is 11.2 Å². The lowest BCUT2D eigenvalue weighted by molar-refractivity contribution is -0.122.